The molecule has 170 valence electrons. The van der Waals surface area contributed by atoms with Crippen molar-refractivity contribution in [3.05, 3.63) is 57.6 Å². The van der Waals surface area contributed by atoms with Crippen LogP contribution in [-0.2, 0) is 11.8 Å². The molecular weight excluding hydrogens is 440 g/mol. The predicted octanol–water partition coefficient (Wildman–Crippen LogP) is 4.06. The lowest BCUT2D eigenvalue weighted by Crippen LogP contribution is -2.42. The molecule has 2 heterocycles. The molecule has 1 unspecified atom stereocenters. The molecule has 1 aliphatic carbocycles. The van der Waals surface area contributed by atoms with Gasteiger partial charge in [0, 0.05) is 42.1 Å². The normalized spacial score (nSPS) is 14.6. The van der Waals surface area contributed by atoms with Gasteiger partial charge in [0.2, 0.25) is 5.91 Å². The van der Waals surface area contributed by atoms with Crippen LogP contribution in [0.1, 0.15) is 38.2 Å². The maximum atomic E-state index is 12.7. The van der Waals surface area contributed by atoms with E-state index in [0.717, 1.165) is 31.1 Å². The van der Waals surface area contributed by atoms with Crippen molar-refractivity contribution in [3.63, 3.8) is 0 Å². The Hall–Kier alpha value is -3.57. The molecule has 3 N–H and O–H groups in total. The third kappa shape index (κ3) is 4.78. The Labute approximate surface area is 196 Å². The summed E-state index contributed by atoms with van der Waals surface area (Å²) in [5.41, 5.74) is 2.58. The zero-order valence-electron chi connectivity index (χ0n) is 18.5. The van der Waals surface area contributed by atoms with Crippen molar-refractivity contribution in [1.82, 2.24) is 14.9 Å². The van der Waals surface area contributed by atoms with Crippen LogP contribution in [0.15, 0.2) is 41.3 Å². The second kappa shape index (κ2) is 9.51. The maximum absolute atomic E-state index is 12.7. The van der Waals surface area contributed by atoms with Crippen molar-refractivity contribution >= 4 is 45.5 Å². The van der Waals surface area contributed by atoms with Crippen LogP contribution in [0.5, 0.6) is 0 Å². The van der Waals surface area contributed by atoms with E-state index in [-0.39, 0.29) is 28.2 Å². The summed E-state index contributed by atoms with van der Waals surface area (Å²) in [6.45, 7) is 1.79. The largest absolute Gasteiger partial charge is 0.373 e. The Morgan fingerprint density at radius 3 is 2.73 bits per heavy atom. The summed E-state index contributed by atoms with van der Waals surface area (Å²) in [5, 5.41) is 19.8. The van der Waals surface area contributed by atoms with Gasteiger partial charge in [-0.25, -0.2) is 4.98 Å². The molecule has 1 atom stereocenters. The van der Waals surface area contributed by atoms with Crippen LogP contribution in [0.25, 0.3) is 10.9 Å². The highest BCUT2D eigenvalue weighted by Crippen LogP contribution is 2.29. The standard InChI is InChI=1S/C24H25ClN6O2/c1-14(24(33)30-15-5-3-4-6-15)28-20-12-22(32)31(2)21-8-7-16(11-17(20)21)29-19-9-10-27-23(25)18(19)13-26/h7-12,14-15,28H,3-6H2,1-2H3,(H,27,29)(H,30,33). The molecule has 4 rings (SSSR count). The summed E-state index contributed by atoms with van der Waals surface area (Å²) in [7, 11) is 1.70. The van der Waals surface area contributed by atoms with Crippen molar-refractivity contribution in [1.29, 1.82) is 5.26 Å². The quantitative estimate of drug-likeness (QED) is 0.474. The molecule has 0 aliphatic heterocycles. The third-order valence-corrected chi connectivity index (χ3v) is 6.30. The van der Waals surface area contributed by atoms with E-state index in [1.54, 1.807) is 24.6 Å². The lowest BCUT2D eigenvalue weighted by Gasteiger charge is -2.20. The van der Waals surface area contributed by atoms with E-state index >= 15 is 0 Å². The summed E-state index contributed by atoms with van der Waals surface area (Å²) >= 11 is 6.04. The number of halogens is 1. The number of aryl methyl sites for hydroxylation is 1. The van der Waals surface area contributed by atoms with Crippen molar-refractivity contribution in [2.75, 3.05) is 10.6 Å². The zero-order chi connectivity index (χ0) is 23.5. The highest BCUT2D eigenvalue weighted by molar-refractivity contribution is 6.31. The molecule has 0 bridgehead atoms. The Morgan fingerprint density at radius 2 is 2.00 bits per heavy atom. The minimum Gasteiger partial charge on any atom is -0.373 e. The number of hydrogen-bond donors (Lipinski definition) is 3. The fraction of sp³-hybridized carbons (Fsp3) is 0.333. The van der Waals surface area contributed by atoms with E-state index < -0.39 is 6.04 Å². The lowest BCUT2D eigenvalue weighted by molar-refractivity contribution is -0.122. The van der Waals surface area contributed by atoms with Crippen LogP contribution in [0.3, 0.4) is 0 Å². The Bertz CT molecular complexity index is 1310. The topological polar surface area (TPSA) is 112 Å². The van der Waals surface area contributed by atoms with Gasteiger partial charge in [0.25, 0.3) is 5.56 Å². The van der Waals surface area contributed by atoms with Gasteiger partial charge in [-0.1, -0.05) is 24.4 Å². The number of rotatable bonds is 6. The monoisotopic (exact) mass is 464 g/mol. The SMILES string of the molecule is CC(Nc1cc(=O)n(C)c2ccc(Nc3ccnc(Cl)c3C#N)cc12)C(=O)NC1CCCC1. The Balaban J connectivity index is 1.66. The average molecular weight is 465 g/mol. The molecule has 1 amide bonds. The Morgan fingerprint density at radius 1 is 1.24 bits per heavy atom. The summed E-state index contributed by atoms with van der Waals surface area (Å²) in [6, 6.07) is 10.4. The maximum Gasteiger partial charge on any atom is 0.252 e. The minimum atomic E-state index is -0.512. The number of carbonyl (C=O) groups excluding carboxylic acids is 1. The van der Waals surface area contributed by atoms with Crippen LogP contribution in [-0.4, -0.2) is 27.5 Å². The van der Waals surface area contributed by atoms with E-state index in [9.17, 15) is 14.9 Å². The summed E-state index contributed by atoms with van der Waals surface area (Å²) in [4.78, 5) is 29.2. The summed E-state index contributed by atoms with van der Waals surface area (Å²) in [6.07, 6.45) is 5.81. The zero-order valence-corrected chi connectivity index (χ0v) is 19.2. The molecule has 1 saturated carbocycles. The number of benzene rings is 1. The number of pyridine rings is 2. The van der Waals surface area contributed by atoms with Crippen molar-refractivity contribution in [2.45, 2.75) is 44.7 Å². The van der Waals surface area contributed by atoms with Crippen molar-refractivity contribution < 1.29 is 4.79 Å². The first kappa shape index (κ1) is 22.6. The molecule has 3 aromatic rings. The van der Waals surface area contributed by atoms with Gasteiger partial charge < -0.3 is 20.5 Å². The molecule has 8 nitrogen and oxygen atoms in total. The summed E-state index contributed by atoms with van der Waals surface area (Å²) < 4.78 is 1.55. The van der Waals surface area contributed by atoms with Crippen LogP contribution < -0.4 is 21.5 Å². The number of aromatic nitrogens is 2. The number of anilines is 3. The van der Waals surface area contributed by atoms with Gasteiger partial charge in [0.05, 0.1) is 11.2 Å². The van der Waals surface area contributed by atoms with Crippen molar-refractivity contribution in [3.8, 4) is 6.07 Å². The van der Waals surface area contributed by atoms with Gasteiger partial charge in [-0.05, 0) is 44.0 Å². The first-order chi connectivity index (χ1) is 15.9. The van der Waals surface area contributed by atoms with E-state index in [0.29, 0.717) is 22.6 Å². The highest BCUT2D eigenvalue weighted by atomic mass is 35.5. The fourth-order valence-corrected chi connectivity index (χ4v) is 4.36. The molecule has 9 heteroatoms. The predicted molar refractivity (Wildman–Crippen MR) is 130 cm³/mol. The van der Waals surface area contributed by atoms with E-state index in [1.807, 2.05) is 18.2 Å². The molecule has 33 heavy (non-hydrogen) atoms. The molecular formula is C24H25ClN6O2. The smallest absolute Gasteiger partial charge is 0.252 e. The molecule has 2 aromatic heterocycles. The first-order valence-electron chi connectivity index (χ1n) is 10.9. The van der Waals surface area contributed by atoms with E-state index in [4.69, 9.17) is 11.6 Å². The van der Waals surface area contributed by atoms with Crippen LogP contribution in [0.4, 0.5) is 17.1 Å². The average Bonchev–Trinajstić information content (AvgIpc) is 3.30. The fourth-order valence-electron chi connectivity index (χ4n) is 4.16. The number of nitrogens with zero attached hydrogens (tertiary/aromatic N) is 3. The Kier molecular flexibility index (Phi) is 6.52. The van der Waals surface area contributed by atoms with Crippen LogP contribution in [0, 0.1) is 11.3 Å². The molecule has 1 fully saturated rings. The number of nitrogens with one attached hydrogen (secondary N) is 3. The van der Waals surface area contributed by atoms with Crippen LogP contribution >= 0.6 is 11.6 Å². The van der Waals surface area contributed by atoms with Gasteiger partial charge >= 0.3 is 0 Å². The number of nitriles is 1. The molecule has 1 aliphatic rings. The van der Waals surface area contributed by atoms with E-state index in [1.165, 1.54) is 12.3 Å². The minimum absolute atomic E-state index is 0.0879. The van der Waals surface area contributed by atoms with Crippen LogP contribution in [0.2, 0.25) is 5.15 Å². The number of amides is 1. The van der Waals surface area contributed by atoms with Gasteiger partial charge in [-0.15, -0.1) is 0 Å². The van der Waals surface area contributed by atoms with E-state index in [2.05, 4.69) is 27.0 Å². The van der Waals surface area contributed by atoms with Gasteiger partial charge in [-0.3, -0.25) is 9.59 Å². The third-order valence-electron chi connectivity index (χ3n) is 6.01. The van der Waals surface area contributed by atoms with Gasteiger partial charge in [-0.2, -0.15) is 5.26 Å². The second-order valence-corrected chi connectivity index (χ2v) is 8.66. The van der Waals surface area contributed by atoms with Gasteiger partial charge in [0.15, 0.2) is 0 Å². The number of hydrogen-bond acceptors (Lipinski definition) is 6. The highest BCUT2D eigenvalue weighted by Gasteiger charge is 2.21. The molecule has 1 aromatic carbocycles. The van der Waals surface area contributed by atoms with Gasteiger partial charge in [0.1, 0.15) is 22.8 Å². The first-order valence-corrected chi connectivity index (χ1v) is 11.3. The summed E-state index contributed by atoms with van der Waals surface area (Å²) in [5.74, 6) is -0.0879. The molecule has 0 spiro atoms. The lowest BCUT2D eigenvalue weighted by atomic mass is 10.1. The number of carbonyl (C=O) groups is 1. The molecule has 0 radical (unpaired) electrons. The second-order valence-electron chi connectivity index (χ2n) is 8.30. The number of fused-ring (bicyclic) bond motifs is 1. The van der Waals surface area contributed by atoms with Crippen molar-refractivity contribution in [2.24, 2.45) is 7.05 Å². The molecule has 0 saturated heterocycles.